The van der Waals surface area contributed by atoms with Gasteiger partial charge in [-0.05, 0) is 13.0 Å². The van der Waals surface area contributed by atoms with Crippen LogP contribution in [0, 0.1) is 6.92 Å². The highest BCUT2D eigenvalue weighted by Crippen LogP contribution is 2.16. The Hall–Kier alpha value is -2.89. The van der Waals surface area contributed by atoms with Crippen LogP contribution in [0.2, 0.25) is 0 Å². The number of benzene rings is 1. The van der Waals surface area contributed by atoms with E-state index >= 15 is 0 Å². The van der Waals surface area contributed by atoms with Gasteiger partial charge >= 0.3 is 0 Å². The van der Waals surface area contributed by atoms with Gasteiger partial charge in [-0.3, -0.25) is 14.7 Å². The molecule has 2 heterocycles. The van der Waals surface area contributed by atoms with E-state index in [0.29, 0.717) is 22.3 Å². The van der Waals surface area contributed by atoms with Gasteiger partial charge in [-0.25, -0.2) is 0 Å². The largest absolute Gasteiger partial charge is 0.322 e. The van der Waals surface area contributed by atoms with Crippen LogP contribution in [-0.4, -0.2) is 21.1 Å². The fourth-order valence-electron chi connectivity index (χ4n) is 2.06. The summed E-state index contributed by atoms with van der Waals surface area (Å²) in [6.45, 7) is 1.84. The van der Waals surface area contributed by atoms with E-state index in [9.17, 15) is 9.59 Å². The molecular formula is C14H12N4O2. The van der Waals surface area contributed by atoms with E-state index in [1.807, 2.05) is 13.0 Å². The van der Waals surface area contributed by atoms with Crippen molar-refractivity contribution in [1.29, 1.82) is 0 Å². The van der Waals surface area contributed by atoms with Gasteiger partial charge in [0.2, 0.25) is 5.56 Å². The average Bonchev–Trinajstić information content (AvgIpc) is 2.83. The summed E-state index contributed by atoms with van der Waals surface area (Å²) in [5, 5.41) is 10.0. The Morgan fingerprint density at radius 2 is 2.05 bits per heavy atom. The minimum atomic E-state index is -0.362. The molecule has 0 bridgehead atoms. The quantitative estimate of drug-likeness (QED) is 0.662. The second-order valence-electron chi connectivity index (χ2n) is 4.48. The monoisotopic (exact) mass is 268 g/mol. The number of rotatable bonds is 2. The van der Waals surface area contributed by atoms with Crippen LogP contribution in [-0.2, 0) is 0 Å². The lowest BCUT2D eigenvalue weighted by Crippen LogP contribution is -2.17. The molecule has 0 radical (unpaired) electrons. The maximum atomic E-state index is 12.3. The van der Waals surface area contributed by atoms with Crippen LogP contribution in [0.3, 0.4) is 0 Å². The molecule has 0 aliphatic rings. The number of carbonyl (C=O) groups is 1. The zero-order chi connectivity index (χ0) is 14.1. The molecule has 3 N–H and O–H groups in total. The van der Waals surface area contributed by atoms with Crippen molar-refractivity contribution in [3.8, 4) is 0 Å². The lowest BCUT2D eigenvalue weighted by Gasteiger charge is -2.05. The molecule has 0 atom stereocenters. The molecule has 100 valence electrons. The Kier molecular flexibility index (Phi) is 2.83. The first-order valence-electron chi connectivity index (χ1n) is 6.09. The van der Waals surface area contributed by atoms with Gasteiger partial charge in [0, 0.05) is 28.7 Å². The highest BCUT2D eigenvalue weighted by Gasteiger charge is 2.12. The zero-order valence-electron chi connectivity index (χ0n) is 10.7. The normalized spacial score (nSPS) is 10.7. The first-order chi connectivity index (χ1) is 9.63. The van der Waals surface area contributed by atoms with E-state index < -0.39 is 0 Å². The number of nitrogens with one attached hydrogen (secondary N) is 3. The van der Waals surface area contributed by atoms with Crippen LogP contribution in [0.5, 0.6) is 0 Å². The van der Waals surface area contributed by atoms with Gasteiger partial charge in [-0.2, -0.15) is 5.10 Å². The minimum Gasteiger partial charge on any atom is -0.322 e. The Morgan fingerprint density at radius 3 is 2.80 bits per heavy atom. The molecule has 1 aromatic carbocycles. The van der Waals surface area contributed by atoms with Crippen molar-refractivity contribution >= 4 is 22.6 Å². The summed E-state index contributed by atoms with van der Waals surface area (Å²) in [7, 11) is 0. The smallest absolute Gasteiger partial charge is 0.257 e. The third-order valence-corrected chi connectivity index (χ3v) is 2.94. The number of anilines is 1. The van der Waals surface area contributed by atoms with Crippen molar-refractivity contribution in [3.05, 3.63) is 58.0 Å². The predicted molar refractivity (Wildman–Crippen MR) is 75.8 cm³/mol. The highest BCUT2D eigenvalue weighted by molar-refractivity contribution is 6.11. The molecule has 0 aliphatic heterocycles. The van der Waals surface area contributed by atoms with Crippen molar-refractivity contribution in [2.24, 2.45) is 0 Å². The highest BCUT2D eigenvalue weighted by atomic mass is 16.2. The van der Waals surface area contributed by atoms with Crippen LogP contribution in [0.1, 0.15) is 16.1 Å². The SMILES string of the molecule is Cc1cc(NC(=O)c2cc(=O)[nH]c3ccccc23)n[nH]1. The number of nitrogens with zero attached hydrogens (tertiary/aromatic N) is 1. The Balaban J connectivity index is 2.05. The van der Waals surface area contributed by atoms with Crippen LogP contribution in [0.4, 0.5) is 5.82 Å². The van der Waals surface area contributed by atoms with Crippen molar-refractivity contribution < 1.29 is 4.79 Å². The Labute approximate surface area is 113 Å². The number of hydrogen-bond acceptors (Lipinski definition) is 3. The van der Waals surface area contributed by atoms with E-state index in [-0.39, 0.29) is 11.5 Å². The molecule has 1 amide bonds. The second kappa shape index (κ2) is 4.65. The molecule has 20 heavy (non-hydrogen) atoms. The number of para-hydroxylation sites is 1. The Bertz CT molecular complexity index is 848. The molecule has 0 spiro atoms. The van der Waals surface area contributed by atoms with E-state index in [1.54, 1.807) is 24.3 Å². The van der Waals surface area contributed by atoms with Gasteiger partial charge in [-0.15, -0.1) is 0 Å². The number of amides is 1. The molecule has 0 unspecified atom stereocenters. The number of aryl methyl sites for hydroxylation is 1. The van der Waals surface area contributed by atoms with Crippen molar-refractivity contribution in [2.45, 2.75) is 6.92 Å². The third-order valence-electron chi connectivity index (χ3n) is 2.94. The van der Waals surface area contributed by atoms with Crippen molar-refractivity contribution in [3.63, 3.8) is 0 Å². The lowest BCUT2D eigenvalue weighted by atomic mass is 10.1. The number of aromatic nitrogens is 3. The zero-order valence-corrected chi connectivity index (χ0v) is 10.7. The van der Waals surface area contributed by atoms with Gasteiger partial charge in [-0.1, -0.05) is 18.2 Å². The lowest BCUT2D eigenvalue weighted by molar-refractivity contribution is 0.102. The Morgan fingerprint density at radius 1 is 1.25 bits per heavy atom. The number of pyridine rings is 1. The molecule has 0 saturated carbocycles. The van der Waals surface area contributed by atoms with E-state index in [2.05, 4.69) is 20.5 Å². The molecule has 3 rings (SSSR count). The minimum absolute atomic E-state index is 0.313. The van der Waals surface area contributed by atoms with Gasteiger partial charge in [0.25, 0.3) is 5.91 Å². The first-order valence-corrected chi connectivity index (χ1v) is 6.09. The summed E-state index contributed by atoms with van der Waals surface area (Å²) < 4.78 is 0. The van der Waals surface area contributed by atoms with Crippen LogP contribution in [0.25, 0.3) is 10.9 Å². The molecule has 6 heteroatoms. The van der Waals surface area contributed by atoms with Crippen LogP contribution in [0.15, 0.2) is 41.2 Å². The summed E-state index contributed by atoms with van der Waals surface area (Å²) in [4.78, 5) is 26.6. The van der Waals surface area contributed by atoms with Gasteiger partial charge in [0.15, 0.2) is 5.82 Å². The van der Waals surface area contributed by atoms with Gasteiger partial charge < -0.3 is 10.3 Å². The molecule has 0 fully saturated rings. The number of H-pyrrole nitrogens is 2. The number of carbonyl (C=O) groups excluding carboxylic acids is 1. The summed E-state index contributed by atoms with van der Waals surface area (Å²) in [5.74, 6) is 0.0654. The summed E-state index contributed by atoms with van der Waals surface area (Å²) in [5.41, 5.74) is 1.48. The molecule has 6 nitrogen and oxygen atoms in total. The first kappa shape index (κ1) is 12.2. The predicted octanol–water partition coefficient (Wildman–Crippen LogP) is 1.81. The topological polar surface area (TPSA) is 90.6 Å². The molecule has 0 saturated heterocycles. The fourth-order valence-corrected chi connectivity index (χ4v) is 2.06. The number of hydrogen-bond donors (Lipinski definition) is 3. The summed E-state index contributed by atoms with van der Waals surface area (Å²) in [6, 6.07) is 10.2. The van der Waals surface area contributed by atoms with Gasteiger partial charge in [0.1, 0.15) is 0 Å². The van der Waals surface area contributed by atoms with Crippen LogP contribution < -0.4 is 10.9 Å². The van der Waals surface area contributed by atoms with E-state index in [0.717, 1.165) is 5.69 Å². The molecule has 3 aromatic rings. The maximum Gasteiger partial charge on any atom is 0.257 e. The second-order valence-corrected chi connectivity index (χ2v) is 4.48. The van der Waals surface area contributed by atoms with Crippen molar-refractivity contribution in [1.82, 2.24) is 15.2 Å². The van der Waals surface area contributed by atoms with Crippen molar-refractivity contribution in [2.75, 3.05) is 5.32 Å². The molecule has 2 aromatic heterocycles. The standard InChI is InChI=1S/C14H12N4O2/c1-8-6-12(18-17-8)16-14(20)10-7-13(19)15-11-5-3-2-4-9(10)11/h2-7H,1H3,(H,15,19)(H2,16,17,18,20). The average molecular weight is 268 g/mol. The fraction of sp³-hybridized carbons (Fsp3) is 0.0714. The van der Waals surface area contributed by atoms with E-state index in [1.165, 1.54) is 6.07 Å². The molecule has 0 aliphatic carbocycles. The van der Waals surface area contributed by atoms with E-state index in [4.69, 9.17) is 0 Å². The molecular weight excluding hydrogens is 256 g/mol. The summed E-state index contributed by atoms with van der Waals surface area (Å²) in [6.07, 6.45) is 0. The van der Waals surface area contributed by atoms with Crippen LogP contribution >= 0.6 is 0 Å². The maximum absolute atomic E-state index is 12.3. The third kappa shape index (κ3) is 2.18. The summed E-state index contributed by atoms with van der Waals surface area (Å²) >= 11 is 0. The number of fused-ring (bicyclic) bond motifs is 1. The number of aromatic amines is 2. The van der Waals surface area contributed by atoms with Gasteiger partial charge in [0.05, 0.1) is 5.56 Å².